The van der Waals surface area contributed by atoms with E-state index in [-0.39, 0.29) is 5.60 Å². The molecular formula is C14H30N2O2. The normalized spacial score (nSPS) is 24.2. The summed E-state index contributed by atoms with van der Waals surface area (Å²) >= 11 is 0. The molecular weight excluding hydrogens is 228 g/mol. The van der Waals surface area contributed by atoms with Gasteiger partial charge in [0.1, 0.15) is 0 Å². The third kappa shape index (κ3) is 4.84. The number of ether oxygens (including phenoxy) is 2. The Labute approximate surface area is 112 Å². The molecule has 0 amide bonds. The van der Waals surface area contributed by atoms with E-state index in [0.29, 0.717) is 18.7 Å². The Morgan fingerprint density at radius 2 is 2.17 bits per heavy atom. The molecule has 1 aliphatic rings. The lowest BCUT2D eigenvalue weighted by Crippen LogP contribution is -2.51. The summed E-state index contributed by atoms with van der Waals surface area (Å²) in [6.07, 6.45) is 3.73. The van der Waals surface area contributed by atoms with E-state index in [1.54, 1.807) is 7.11 Å². The highest BCUT2D eigenvalue weighted by Gasteiger charge is 2.30. The van der Waals surface area contributed by atoms with Gasteiger partial charge in [0, 0.05) is 32.8 Å². The molecule has 18 heavy (non-hydrogen) atoms. The lowest BCUT2D eigenvalue weighted by Gasteiger charge is -2.40. The molecule has 2 unspecified atom stereocenters. The van der Waals surface area contributed by atoms with Gasteiger partial charge in [-0.1, -0.05) is 0 Å². The van der Waals surface area contributed by atoms with Crippen LogP contribution in [-0.2, 0) is 9.47 Å². The third-order valence-corrected chi connectivity index (χ3v) is 3.88. The third-order valence-electron chi connectivity index (χ3n) is 3.88. The molecule has 0 saturated carbocycles. The fourth-order valence-corrected chi connectivity index (χ4v) is 2.68. The summed E-state index contributed by atoms with van der Waals surface area (Å²) < 4.78 is 11.3. The van der Waals surface area contributed by atoms with Crippen LogP contribution in [0.25, 0.3) is 0 Å². The van der Waals surface area contributed by atoms with Gasteiger partial charge in [0.25, 0.3) is 0 Å². The molecule has 2 atom stereocenters. The highest BCUT2D eigenvalue weighted by Crippen LogP contribution is 2.22. The van der Waals surface area contributed by atoms with Crippen molar-refractivity contribution in [3.05, 3.63) is 0 Å². The average molecular weight is 258 g/mol. The van der Waals surface area contributed by atoms with E-state index in [0.717, 1.165) is 26.1 Å². The van der Waals surface area contributed by atoms with Crippen molar-refractivity contribution >= 4 is 0 Å². The number of likely N-dealkylation sites (tertiary alicyclic amines) is 1. The molecule has 0 aromatic heterocycles. The quantitative estimate of drug-likeness (QED) is 0.754. The molecule has 0 aromatic carbocycles. The van der Waals surface area contributed by atoms with Crippen LogP contribution in [0.4, 0.5) is 0 Å². The Morgan fingerprint density at radius 3 is 2.72 bits per heavy atom. The maximum Gasteiger partial charge on any atom is 0.0702 e. The van der Waals surface area contributed by atoms with Crippen molar-refractivity contribution in [3.8, 4) is 0 Å². The minimum Gasteiger partial charge on any atom is -0.379 e. The van der Waals surface area contributed by atoms with Gasteiger partial charge in [-0.25, -0.2) is 0 Å². The van der Waals surface area contributed by atoms with Gasteiger partial charge in [0.05, 0.1) is 11.7 Å². The van der Waals surface area contributed by atoms with Gasteiger partial charge in [0.15, 0.2) is 0 Å². The van der Waals surface area contributed by atoms with Gasteiger partial charge in [-0.05, 0) is 46.6 Å². The average Bonchev–Trinajstić information content (AvgIpc) is 2.37. The molecule has 1 saturated heterocycles. The van der Waals surface area contributed by atoms with Crippen LogP contribution >= 0.6 is 0 Å². The summed E-state index contributed by atoms with van der Waals surface area (Å²) in [5, 5.41) is 0. The minimum absolute atomic E-state index is 0.109. The molecule has 1 heterocycles. The summed E-state index contributed by atoms with van der Waals surface area (Å²) in [7, 11) is 1.77. The van der Waals surface area contributed by atoms with E-state index < -0.39 is 0 Å². The molecule has 4 heteroatoms. The van der Waals surface area contributed by atoms with E-state index >= 15 is 0 Å². The van der Waals surface area contributed by atoms with Crippen LogP contribution in [0.15, 0.2) is 0 Å². The van der Waals surface area contributed by atoms with E-state index in [4.69, 9.17) is 15.2 Å². The number of nitrogens with zero attached hydrogens (tertiary/aromatic N) is 1. The van der Waals surface area contributed by atoms with Gasteiger partial charge >= 0.3 is 0 Å². The first kappa shape index (κ1) is 15.9. The predicted molar refractivity (Wildman–Crippen MR) is 74.8 cm³/mol. The van der Waals surface area contributed by atoms with Crippen LogP contribution in [0.1, 0.15) is 40.0 Å². The second-order valence-electron chi connectivity index (χ2n) is 5.77. The molecule has 1 aliphatic heterocycles. The zero-order valence-corrected chi connectivity index (χ0v) is 12.4. The van der Waals surface area contributed by atoms with E-state index in [9.17, 15) is 0 Å². The number of hydrogen-bond donors (Lipinski definition) is 1. The Morgan fingerprint density at radius 1 is 1.44 bits per heavy atom. The fourth-order valence-electron chi connectivity index (χ4n) is 2.68. The molecule has 2 N–H and O–H groups in total. The van der Waals surface area contributed by atoms with Crippen LogP contribution in [-0.4, -0.2) is 56.0 Å². The largest absolute Gasteiger partial charge is 0.379 e. The van der Waals surface area contributed by atoms with Crippen molar-refractivity contribution in [2.24, 2.45) is 5.73 Å². The Balaban J connectivity index is 2.53. The molecule has 0 radical (unpaired) electrons. The predicted octanol–water partition coefficient (Wildman–Crippen LogP) is 1.63. The maximum absolute atomic E-state index is 5.95. The smallest absolute Gasteiger partial charge is 0.0702 e. The molecule has 1 fully saturated rings. The molecule has 0 aliphatic carbocycles. The lowest BCUT2D eigenvalue weighted by atomic mass is 9.95. The SMILES string of the molecule is CCOC1CCCN(C(CN)CC(C)(C)OC)C1. The van der Waals surface area contributed by atoms with Gasteiger partial charge in [-0.3, -0.25) is 4.90 Å². The molecule has 1 rings (SSSR count). The standard InChI is InChI=1S/C14H30N2O2/c1-5-18-13-7-6-8-16(11-13)12(10-15)9-14(2,3)17-4/h12-13H,5-11,15H2,1-4H3. The zero-order valence-electron chi connectivity index (χ0n) is 12.4. The van der Waals surface area contributed by atoms with E-state index in [1.807, 2.05) is 0 Å². The minimum atomic E-state index is -0.109. The van der Waals surface area contributed by atoms with Gasteiger partial charge in [-0.15, -0.1) is 0 Å². The van der Waals surface area contributed by atoms with E-state index in [2.05, 4.69) is 25.7 Å². The summed E-state index contributed by atoms with van der Waals surface area (Å²) in [5.74, 6) is 0. The van der Waals surface area contributed by atoms with E-state index in [1.165, 1.54) is 12.8 Å². The van der Waals surface area contributed by atoms with Crippen LogP contribution in [0.2, 0.25) is 0 Å². The Bertz CT molecular complexity index is 232. The van der Waals surface area contributed by atoms with Crippen LogP contribution in [0, 0.1) is 0 Å². The number of nitrogens with two attached hydrogens (primary N) is 1. The Hall–Kier alpha value is -0.160. The fraction of sp³-hybridized carbons (Fsp3) is 1.00. The van der Waals surface area contributed by atoms with Crippen molar-refractivity contribution in [3.63, 3.8) is 0 Å². The topological polar surface area (TPSA) is 47.7 Å². The van der Waals surface area contributed by atoms with Crippen LogP contribution in [0.3, 0.4) is 0 Å². The molecule has 0 bridgehead atoms. The number of hydrogen-bond acceptors (Lipinski definition) is 4. The first-order valence-corrected chi connectivity index (χ1v) is 7.13. The summed E-state index contributed by atoms with van der Waals surface area (Å²) in [6.45, 7) is 9.94. The van der Waals surface area contributed by atoms with Crippen LogP contribution in [0.5, 0.6) is 0 Å². The molecule has 4 nitrogen and oxygen atoms in total. The Kier molecular flexibility index (Phi) is 6.57. The number of methoxy groups -OCH3 is 1. The first-order valence-electron chi connectivity index (χ1n) is 7.13. The monoisotopic (exact) mass is 258 g/mol. The number of piperidine rings is 1. The van der Waals surface area contributed by atoms with Crippen molar-refractivity contribution in [2.75, 3.05) is 33.4 Å². The molecule has 0 spiro atoms. The van der Waals surface area contributed by atoms with Gasteiger partial charge in [0.2, 0.25) is 0 Å². The van der Waals surface area contributed by atoms with Gasteiger partial charge < -0.3 is 15.2 Å². The number of rotatable bonds is 7. The highest BCUT2D eigenvalue weighted by molar-refractivity contribution is 4.85. The molecule has 0 aromatic rings. The summed E-state index contributed by atoms with van der Waals surface area (Å²) in [6, 6.07) is 0.392. The van der Waals surface area contributed by atoms with Crippen molar-refractivity contribution in [1.82, 2.24) is 4.90 Å². The first-order chi connectivity index (χ1) is 8.52. The van der Waals surface area contributed by atoms with Gasteiger partial charge in [-0.2, -0.15) is 0 Å². The highest BCUT2D eigenvalue weighted by atomic mass is 16.5. The summed E-state index contributed by atoms with van der Waals surface area (Å²) in [5.41, 5.74) is 5.84. The zero-order chi connectivity index (χ0) is 13.6. The second-order valence-corrected chi connectivity index (χ2v) is 5.77. The second kappa shape index (κ2) is 7.43. The molecule has 108 valence electrons. The van der Waals surface area contributed by atoms with Crippen molar-refractivity contribution < 1.29 is 9.47 Å². The lowest BCUT2D eigenvalue weighted by molar-refractivity contribution is -0.0367. The van der Waals surface area contributed by atoms with Crippen molar-refractivity contribution in [2.45, 2.75) is 57.8 Å². The van der Waals surface area contributed by atoms with Crippen molar-refractivity contribution in [1.29, 1.82) is 0 Å². The maximum atomic E-state index is 5.95. The van der Waals surface area contributed by atoms with Crippen LogP contribution < -0.4 is 5.73 Å². The summed E-state index contributed by atoms with van der Waals surface area (Å²) in [4.78, 5) is 2.48.